The van der Waals surface area contributed by atoms with Gasteiger partial charge in [0.15, 0.2) is 10.9 Å². The highest BCUT2D eigenvalue weighted by Crippen LogP contribution is 2.39. The fourth-order valence-electron chi connectivity index (χ4n) is 2.32. The van der Waals surface area contributed by atoms with Gasteiger partial charge in [-0.1, -0.05) is 54.3 Å². The number of carboxylic acids is 1. The summed E-state index contributed by atoms with van der Waals surface area (Å²) in [5.74, 6) is -0.916. The van der Waals surface area contributed by atoms with E-state index in [1.807, 2.05) is 24.3 Å². The molecule has 0 spiro atoms. The molecule has 1 N–H and O–H groups in total. The second kappa shape index (κ2) is 8.03. The van der Waals surface area contributed by atoms with Gasteiger partial charge in [-0.15, -0.1) is 0 Å². The van der Waals surface area contributed by atoms with Crippen LogP contribution in [0, 0.1) is 0 Å². The van der Waals surface area contributed by atoms with E-state index in [2.05, 4.69) is 15.9 Å². The van der Waals surface area contributed by atoms with Gasteiger partial charge in [-0.05, 0) is 40.2 Å². The first-order valence-corrected chi connectivity index (χ1v) is 9.45. The van der Waals surface area contributed by atoms with Gasteiger partial charge < -0.3 is 9.84 Å². The molecule has 1 amide bonds. The van der Waals surface area contributed by atoms with Gasteiger partial charge in [-0.2, -0.15) is 0 Å². The number of aliphatic carboxylic acids is 1. The van der Waals surface area contributed by atoms with Gasteiger partial charge in [0, 0.05) is 10.0 Å². The molecule has 0 atom stereocenters. The summed E-state index contributed by atoms with van der Waals surface area (Å²) < 4.78 is 6.48. The van der Waals surface area contributed by atoms with Crippen molar-refractivity contribution in [1.29, 1.82) is 0 Å². The van der Waals surface area contributed by atoms with Crippen LogP contribution in [0.15, 0.2) is 57.9 Å². The third-order valence-electron chi connectivity index (χ3n) is 3.44. The largest absolute Gasteiger partial charge is 0.481 e. The van der Waals surface area contributed by atoms with Gasteiger partial charge in [0.05, 0.1) is 10.6 Å². The summed E-state index contributed by atoms with van der Waals surface area (Å²) in [6.07, 6.45) is 1.66. The lowest BCUT2D eigenvalue weighted by atomic mass is 10.2. The zero-order chi connectivity index (χ0) is 18.7. The third-order valence-corrected chi connectivity index (χ3v) is 5.42. The minimum Gasteiger partial charge on any atom is -0.481 e. The summed E-state index contributed by atoms with van der Waals surface area (Å²) in [6, 6.07) is 14.3. The van der Waals surface area contributed by atoms with Crippen LogP contribution >= 0.6 is 39.9 Å². The molecule has 1 heterocycles. The molecule has 1 fully saturated rings. The Labute approximate surface area is 167 Å². The zero-order valence-electron chi connectivity index (χ0n) is 13.2. The number of nitrogens with zero attached hydrogens (tertiary/aromatic N) is 1. The molecule has 0 aliphatic carbocycles. The molecule has 3 rings (SSSR count). The van der Waals surface area contributed by atoms with Gasteiger partial charge in [-0.25, -0.2) is 4.79 Å². The van der Waals surface area contributed by atoms with E-state index < -0.39 is 12.6 Å². The lowest BCUT2D eigenvalue weighted by Crippen LogP contribution is -2.27. The number of para-hydroxylation sites is 2. The summed E-state index contributed by atoms with van der Waals surface area (Å²) in [7, 11) is 0. The minimum absolute atomic E-state index is 0.236. The number of carboxylic acid groups (broad SMARTS) is 1. The van der Waals surface area contributed by atoms with Crippen LogP contribution in [-0.2, 0) is 9.59 Å². The van der Waals surface area contributed by atoms with Crippen molar-refractivity contribution in [3.63, 3.8) is 0 Å². The van der Waals surface area contributed by atoms with Crippen LogP contribution in [0.4, 0.5) is 5.69 Å². The van der Waals surface area contributed by atoms with Crippen molar-refractivity contribution in [2.45, 2.75) is 0 Å². The third kappa shape index (κ3) is 3.98. The summed E-state index contributed by atoms with van der Waals surface area (Å²) in [6.45, 7) is -0.456. The Morgan fingerprint density at radius 3 is 2.65 bits per heavy atom. The molecular formula is C18H12BrNO4S2. The molecular weight excluding hydrogens is 438 g/mol. The van der Waals surface area contributed by atoms with Gasteiger partial charge in [0.25, 0.3) is 5.91 Å². The SMILES string of the molecule is O=C(O)COc1ccccc1/C=C1/SC(=S)N(c2ccccc2Br)C1=O. The first kappa shape index (κ1) is 18.6. The maximum absolute atomic E-state index is 12.8. The van der Waals surface area contributed by atoms with Gasteiger partial charge >= 0.3 is 5.97 Å². The Morgan fingerprint density at radius 2 is 1.92 bits per heavy atom. The van der Waals surface area contributed by atoms with Crippen LogP contribution in [0.2, 0.25) is 0 Å². The highest BCUT2D eigenvalue weighted by Gasteiger charge is 2.34. The number of hydrogen-bond acceptors (Lipinski definition) is 5. The highest BCUT2D eigenvalue weighted by atomic mass is 79.9. The molecule has 0 unspecified atom stereocenters. The molecule has 26 heavy (non-hydrogen) atoms. The van der Waals surface area contributed by atoms with Crippen molar-refractivity contribution >= 4 is 67.9 Å². The monoisotopic (exact) mass is 449 g/mol. The van der Waals surface area contributed by atoms with Crippen LogP contribution in [0.25, 0.3) is 6.08 Å². The van der Waals surface area contributed by atoms with Crippen molar-refractivity contribution in [1.82, 2.24) is 0 Å². The van der Waals surface area contributed by atoms with Crippen LogP contribution in [-0.4, -0.2) is 27.9 Å². The number of thioether (sulfide) groups is 1. The Balaban J connectivity index is 1.92. The molecule has 0 bridgehead atoms. The van der Waals surface area contributed by atoms with E-state index >= 15 is 0 Å². The second-order valence-electron chi connectivity index (χ2n) is 5.19. The molecule has 0 saturated carbocycles. The van der Waals surface area contributed by atoms with Crippen LogP contribution < -0.4 is 9.64 Å². The number of halogens is 1. The minimum atomic E-state index is -1.07. The normalized spacial score (nSPS) is 15.6. The molecule has 2 aromatic carbocycles. The predicted octanol–water partition coefficient (Wildman–Crippen LogP) is 4.32. The fraction of sp³-hybridized carbons (Fsp3) is 0.0556. The van der Waals surface area contributed by atoms with E-state index in [1.165, 1.54) is 16.7 Å². The highest BCUT2D eigenvalue weighted by molar-refractivity contribution is 9.10. The fourth-order valence-corrected chi connectivity index (χ4v) is 4.06. The molecule has 1 aliphatic rings. The van der Waals surface area contributed by atoms with E-state index in [-0.39, 0.29) is 5.91 Å². The van der Waals surface area contributed by atoms with E-state index in [0.29, 0.717) is 26.2 Å². The molecule has 0 radical (unpaired) electrons. The smallest absolute Gasteiger partial charge is 0.341 e. The maximum atomic E-state index is 12.8. The lowest BCUT2D eigenvalue weighted by molar-refractivity contribution is -0.139. The van der Waals surface area contributed by atoms with Gasteiger partial charge in [0.2, 0.25) is 0 Å². The van der Waals surface area contributed by atoms with Gasteiger partial charge in [0.1, 0.15) is 5.75 Å². The Morgan fingerprint density at radius 1 is 1.23 bits per heavy atom. The predicted molar refractivity (Wildman–Crippen MR) is 109 cm³/mol. The summed E-state index contributed by atoms with van der Waals surface area (Å²) in [5, 5.41) is 8.79. The van der Waals surface area contributed by atoms with Crippen LogP contribution in [0.1, 0.15) is 5.56 Å². The average Bonchev–Trinajstić information content (AvgIpc) is 2.88. The van der Waals surface area contributed by atoms with Crippen molar-refractivity contribution < 1.29 is 19.4 Å². The first-order valence-electron chi connectivity index (χ1n) is 7.43. The zero-order valence-corrected chi connectivity index (χ0v) is 16.4. The molecule has 5 nitrogen and oxygen atoms in total. The Hall–Kier alpha value is -2.16. The number of ether oxygens (including phenoxy) is 1. The summed E-state index contributed by atoms with van der Waals surface area (Å²) in [4.78, 5) is 25.5. The van der Waals surface area contributed by atoms with Crippen molar-refractivity contribution in [3.8, 4) is 5.75 Å². The first-order chi connectivity index (χ1) is 12.5. The van der Waals surface area contributed by atoms with E-state index in [4.69, 9.17) is 22.1 Å². The van der Waals surface area contributed by atoms with Crippen molar-refractivity contribution in [2.75, 3.05) is 11.5 Å². The number of benzene rings is 2. The number of amides is 1. The standard InChI is InChI=1S/C18H12BrNO4S2/c19-12-6-2-3-7-13(12)20-17(23)15(26-18(20)25)9-11-5-1-4-8-14(11)24-10-16(21)22/h1-9H,10H2,(H,21,22)/b15-9+. The van der Waals surface area contributed by atoms with Crippen molar-refractivity contribution in [3.05, 3.63) is 63.5 Å². The molecule has 0 aromatic heterocycles. The lowest BCUT2D eigenvalue weighted by Gasteiger charge is -2.16. The van der Waals surface area contributed by atoms with E-state index in [1.54, 1.807) is 30.3 Å². The van der Waals surface area contributed by atoms with Gasteiger partial charge in [-0.3, -0.25) is 9.69 Å². The molecule has 1 aliphatic heterocycles. The maximum Gasteiger partial charge on any atom is 0.341 e. The van der Waals surface area contributed by atoms with Crippen molar-refractivity contribution in [2.24, 2.45) is 0 Å². The number of rotatable bonds is 5. The van der Waals surface area contributed by atoms with Crippen LogP contribution in [0.5, 0.6) is 5.75 Å². The number of carbonyl (C=O) groups is 2. The molecule has 132 valence electrons. The number of anilines is 1. The average molecular weight is 450 g/mol. The summed E-state index contributed by atoms with van der Waals surface area (Å²) >= 11 is 9.99. The number of thiocarbonyl (C=S) groups is 1. The molecule has 8 heteroatoms. The number of hydrogen-bond donors (Lipinski definition) is 1. The second-order valence-corrected chi connectivity index (χ2v) is 7.72. The summed E-state index contributed by atoms with van der Waals surface area (Å²) in [5.41, 5.74) is 1.29. The van der Waals surface area contributed by atoms with Crippen LogP contribution in [0.3, 0.4) is 0 Å². The molecule has 1 saturated heterocycles. The Kier molecular flexibility index (Phi) is 5.75. The van der Waals surface area contributed by atoms with E-state index in [0.717, 1.165) is 4.47 Å². The quantitative estimate of drug-likeness (QED) is 0.541. The Bertz CT molecular complexity index is 929. The molecule has 2 aromatic rings. The van der Waals surface area contributed by atoms with E-state index in [9.17, 15) is 9.59 Å². The number of carbonyl (C=O) groups excluding carboxylic acids is 1. The topological polar surface area (TPSA) is 66.8 Å².